The molecule has 0 unspecified atom stereocenters. The predicted octanol–water partition coefficient (Wildman–Crippen LogP) is 2.98. The lowest BCUT2D eigenvalue weighted by molar-refractivity contribution is 0.453. The topological polar surface area (TPSA) is 41.6 Å². The van der Waals surface area contributed by atoms with Crippen LogP contribution in [-0.4, -0.2) is 42.0 Å². The molecule has 22 heavy (non-hydrogen) atoms. The van der Waals surface area contributed by atoms with Crippen molar-refractivity contribution in [2.45, 2.75) is 18.3 Å². The summed E-state index contributed by atoms with van der Waals surface area (Å²) < 4.78 is 26.9. The van der Waals surface area contributed by atoms with Crippen molar-refractivity contribution in [3.63, 3.8) is 0 Å². The van der Waals surface area contributed by atoms with Crippen molar-refractivity contribution in [3.05, 3.63) is 35.4 Å². The fraction of sp³-hybridized carbons (Fsp3) is 0.533. The zero-order valence-electron chi connectivity index (χ0n) is 12.2. The van der Waals surface area contributed by atoms with Crippen molar-refractivity contribution in [2.75, 3.05) is 31.1 Å². The van der Waals surface area contributed by atoms with Crippen LogP contribution in [0.5, 0.6) is 0 Å². The molecule has 2 N–H and O–H groups in total. The second-order valence-electron chi connectivity index (χ2n) is 5.68. The van der Waals surface area contributed by atoms with Gasteiger partial charge >= 0.3 is 0 Å². The van der Waals surface area contributed by atoms with Crippen LogP contribution in [0.2, 0.25) is 0 Å². The highest BCUT2D eigenvalue weighted by molar-refractivity contribution is 14.0. The first-order valence-corrected chi connectivity index (χ1v) is 8.34. The number of nitrogens with two attached hydrogens (primary N) is 1. The van der Waals surface area contributed by atoms with Crippen LogP contribution in [-0.2, 0) is 5.41 Å². The summed E-state index contributed by atoms with van der Waals surface area (Å²) in [6.45, 7) is 2.31. The molecular formula is C15H20F2IN3S. The zero-order valence-corrected chi connectivity index (χ0v) is 15.4. The Balaban J connectivity index is 0.00000176. The third-order valence-electron chi connectivity index (χ3n) is 4.23. The summed E-state index contributed by atoms with van der Waals surface area (Å²) in [5, 5.41) is 0. The van der Waals surface area contributed by atoms with Gasteiger partial charge in [-0.15, -0.1) is 24.0 Å². The summed E-state index contributed by atoms with van der Waals surface area (Å²) in [5.41, 5.74) is 6.32. The third kappa shape index (κ3) is 3.84. The van der Waals surface area contributed by atoms with Crippen LogP contribution in [0.15, 0.2) is 23.2 Å². The van der Waals surface area contributed by atoms with Crippen LogP contribution in [0.3, 0.4) is 0 Å². The smallest absolute Gasteiger partial charge is 0.191 e. The molecule has 0 radical (unpaired) electrons. The summed E-state index contributed by atoms with van der Waals surface area (Å²) in [7, 11) is 0. The fourth-order valence-electron chi connectivity index (χ4n) is 2.71. The van der Waals surface area contributed by atoms with E-state index in [2.05, 4.69) is 9.89 Å². The van der Waals surface area contributed by atoms with Crippen molar-refractivity contribution >= 4 is 41.7 Å². The van der Waals surface area contributed by atoms with Gasteiger partial charge in [0.25, 0.3) is 0 Å². The quantitative estimate of drug-likeness (QED) is 0.448. The minimum Gasteiger partial charge on any atom is -0.370 e. The van der Waals surface area contributed by atoms with Gasteiger partial charge in [-0.2, -0.15) is 11.8 Å². The molecule has 7 heteroatoms. The van der Waals surface area contributed by atoms with E-state index in [0.717, 1.165) is 43.5 Å². The average molecular weight is 439 g/mol. The monoisotopic (exact) mass is 439 g/mol. The van der Waals surface area contributed by atoms with E-state index in [1.807, 2.05) is 11.8 Å². The molecule has 2 fully saturated rings. The molecule has 0 bridgehead atoms. The molecule has 122 valence electrons. The van der Waals surface area contributed by atoms with Gasteiger partial charge in [0.05, 0.1) is 6.54 Å². The fourth-order valence-corrected chi connectivity index (χ4v) is 3.61. The Kier molecular flexibility index (Phi) is 5.93. The van der Waals surface area contributed by atoms with E-state index >= 15 is 0 Å². The van der Waals surface area contributed by atoms with Gasteiger partial charge < -0.3 is 10.6 Å². The molecule has 0 spiro atoms. The van der Waals surface area contributed by atoms with Crippen LogP contribution in [0, 0.1) is 11.6 Å². The number of benzene rings is 1. The van der Waals surface area contributed by atoms with Crippen molar-refractivity contribution in [3.8, 4) is 0 Å². The molecule has 1 saturated carbocycles. The molecule has 1 aliphatic carbocycles. The second kappa shape index (κ2) is 7.33. The first-order chi connectivity index (χ1) is 10.1. The van der Waals surface area contributed by atoms with E-state index in [1.165, 1.54) is 6.07 Å². The van der Waals surface area contributed by atoms with E-state index in [-0.39, 0.29) is 29.4 Å². The van der Waals surface area contributed by atoms with Gasteiger partial charge in [0.1, 0.15) is 11.6 Å². The first-order valence-electron chi connectivity index (χ1n) is 7.19. The number of halogens is 3. The number of hydrogen-bond donors (Lipinski definition) is 1. The van der Waals surface area contributed by atoms with Gasteiger partial charge in [0, 0.05) is 36.1 Å². The van der Waals surface area contributed by atoms with Crippen molar-refractivity contribution < 1.29 is 8.78 Å². The Bertz CT molecular complexity index is 558. The van der Waals surface area contributed by atoms with E-state index in [1.54, 1.807) is 6.07 Å². The molecule has 1 heterocycles. The Morgan fingerprint density at radius 2 is 1.95 bits per heavy atom. The van der Waals surface area contributed by atoms with Crippen molar-refractivity contribution in [1.29, 1.82) is 0 Å². The van der Waals surface area contributed by atoms with E-state index in [0.29, 0.717) is 18.1 Å². The molecule has 1 aliphatic heterocycles. The van der Waals surface area contributed by atoms with E-state index in [9.17, 15) is 8.78 Å². The SMILES string of the molecule is I.NC(=NCC1(c2ccc(F)cc2F)CC1)N1CCSCC1. The van der Waals surface area contributed by atoms with Crippen LogP contribution in [0.1, 0.15) is 18.4 Å². The summed E-state index contributed by atoms with van der Waals surface area (Å²) in [6.07, 6.45) is 1.75. The lowest BCUT2D eigenvalue weighted by Gasteiger charge is -2.27. The standard InChI is InChI=1S/C15H19F2N3S.HI/c16-11-1-2-12(13(17)9-11)15(3-4-15)10-19-14(18)20-5-7-21-8-6-20;/h1-2,9H,3-8,10H2,(H2,18,19);1H. The molecule has 3 nitrogen and oxygen atoms in total. The zero-order chi connectivity index (χ0) is 14.9. The maximum absolute atomic E-state index is 13.9. The van der Waals surface area contributed by atoms with Crippen LogP contribution in [0.25, 0.3) is 0 Å². The van der Waals surface area contributed by atoms with Gasteiger partial charge in [0.2, 0.25) is 0 Å². The molecule has 0 aromatic heterocycles. The Morgan fingerprint density at radius 1 is 1.27 bits per heavy atom. The van der Waals surface area contributed by atoms with Crippen LogP contribution in [0.4, 0.5) is 8.78 Å². The summed E-state index contributed by atoms with van der Waals surface area (Å²) in [5.74, 6) is 1.66. The number of nitrogens with zero attached hydrogens (tertiary/aromatic N) is 2. The molecule has 1 aromatic rings. The largest absolute Gasteiger partial charge is 0.370 e. The normalized spacial score (nSPS) is 20.5. The van der Waals surface area contributed by atoms with Gasteiger partial charge in [-0.05, 0) is 24.5 Å². The number of hydrogen-bond acceptors (Lipinski definition) is 2. The van der Waals surface area contributed by atoms with Crippen LogP contribution >= 0.6 is 35.7 Å². The summed E-state index contributed by atoms with van der Waals surface area (Å²) in [6, 6.07) is 3.80. The Hall–Kier alpha value is -0.570. The molecule has 3 rings (SSSR count). The van der Waals surface area contributed by atoms with Crippen molar-refractivity contribution in [2.24, 2.45) is 10.7 Å². The number of rotatable bonds is 3. The molecule has 1 saturated heterocycles. The number of aliphatic imine (C=N–C) groups is 1. The highest BCUT2D eigenvalue weighted by Crippen LogP contribution is 2.49. The molecule has 0 atom stereocenters. The Labute approximate surface area is 150 Å². The lowest BCUT2D eigenvalue weighted by Crippen LogP contribution is -2.43. The molecule has 1 aromatic carbocycles. The average Bonchev–Trinajstić information content (AvgIpc) is 3.26. The molecule has 2 aliphatic rings. The minimum atomic E-state index is -0.541. The Morgan fingerprint density at radius 3 is 2.55 bits per heavy atom. The highest BCUT2D eigenvalue weighted by atomic mass is 127. The van der Waals surface area contributed by atoms with Gasteiger partial charge in [-0.25, -0.2) is 8.78 Å². The second-order valence-corrected chi connectivity index (χ2v) is 6.90. The third-order valence-corrected chi connectivity index (χ3v) is 5.18. The lowest BCUT2D eigenvalue weighted by atomic mass is 9.95. The predicted molar refractivity (Wildman–Crippen MR) is 98.1 cm³/mol. The maximum Gasteiger partial charge on any atom is 0.191 e. The van der Waals surface area contributed by atoms with E-state index in [4.69, 9.17) is 5.73 Å². The van der Waals surface area contributed by atoms with Crippen LogP contribution < -0.4 is 5.73 Å². The van der Waals surface area contributed by atoms with Gasteiger partial charge in [0.15, 0.2) is 5.96 Å². The molecular weight excluding hydrogens is 419 g/mol. The van der Waals surface area contributed by atoms with Gasteiger partial charge in [-0.1, -0.05) is 6.07 Å². The minimum absolute atomic E-state index is 0. The van der Waals surface area contributed by atoms with Gasteiger partial charge in [-0.3, -0.25) is 4.99 Å². The number of thioether (sulfide) groups is 1. The highest BCUT2D eigenvalue weighted by Gasteiger charge is 2.46. The maximum atomic E-state index is 13.9. The summed E-state index contributed by atoms with van der Waals surface area (Å²) in [4.78, 5) is 6.55. The first kappa shape index (κ1) is 17.8. The molecule has 0 amide bonds. The summed E-state index contributed by atoms with van der Waals surface area (Å²) >= 11 is 1.91. The van der Waals surface area contributed by atoms with Crippen molar-refractivity contribution in [1.82, 2.24) is 4.90 Å². The van der Waals surface area contributed by atoms with E-state index < -0.39 is 11.6 Å². The number of guanidine groups is 1.